The molecule has 0 aromatic heterocycles. The summed E-state index contributed by atoms with van der Waals surface area (Å²) in [6.07, 6.45) is 0.923. The minimum Gasteiger partial charge on any atom is -0.364 e. The molecule has 3 atom stereocenters. The number of ether oxygens (including phenoxy) is 1. The first-order valence-electron chi connectivity index (χ1n) is 8.13. The van der Waals surface area contributed by atoms with Gasteiger partial charge in [0, 0.05) is 6.54 Å². The number of rotatable bonds is 5. The number of nitrogens with two attached hydrogens (primary N) is 1. The fraction of sp³-hybridized carbons (Fsp3) is 0.316. The van der Waals surface area contributed by atoms with E-state index in [1.54, 1.807) is 12.1 Å². The molecule has 1 amide bonds. The quantitative estimate of drug-likeness (QED) is 0.857. The minimum absolute atomic E-state index is 0. The van der Waals surface area contributed by atoms with Crippen molar-refractivity contribution in [2.24, 2.45) is 5.73 Å². The van der Waals surface area contributed by atoms with Gasteiger partial charge in [0.05, 0.1) is 12.1 Å². The van der Waals surface area contributed by atoms with Crippen molar-refractivity contribution in [1.82, 2.24) is 5.32 Å². The van der Waals surface area contributed by atoms with Gasteiger partial charge in [-0.3, -0.25) is 4.79 Å². The zero-order chi connectivity index (χ0) is 16.9. The van der Waals surface area contributed by atoms with E-state index >= 15 is 0 Å². The van der Waals surface area contributed by atoms with Crippen LogP contribution in [0.5, 0.6) is 0 Å². The number of halogens is 2. The Morgan fingerprint density at radius 2 is 1.76 bits per heavy atom. The molecule has 0 spiro atoms. The summed E-state index contributed by atoms with van der Waals surface area (Å²) in [6.45, 7) is 0.420. The zero-order valence-corrected chi connectivity index (χ0v) is 14.5. The van der Waals surface area contributed by atoms with Gasteiger partial charge < -0.3 is 15.8 Å². The Morgan fingerprint density at radius 1 is 1.12 bits per heavy atom. The van der Waals surface area contributed by atoms with E-state index in [1.807, 2.05) is 30.3 Å². The van der Waals surface area contributed by atoms with Crippen LogP contribution in [0.2, 0.25) is 0 Å². The van der Waals surface area contributed by atoms with Crippen LogP contribution >= 0.6 is 12.4 Å². The molecule has 2 aromatic carbocycles. The molecular formula is C19H22ClFN2O2. The molecule has 1 unspecified atom stereocenters. The molecule has 3 rings (SSSR count). The molecule has 1 saturated heterocycles. The van der Waals surface area contributed by atoms with E-state index in [0.29, 0.717) is 13.0 Å². The summed E-state index contributed by atoms with van der Waals surface area (Å²) in [6, 6.07) is 15.4. The highest BCUT2D eigenvalue weighted by molar-refractivity contribution is 5.85. The lowest BCUT2D eigenvalue weighted by Crippen LogP contribution is -2.38. The van der Waals surface area contributed by atoms with Crippen LogP contribution in [-0.4, -0.2) is 24.7 Å². The van der Waals surface area contributed by atoms with E-state index in [-0.39, 0.29) is 36.3 Å². The molecule has 0 radical (unpaired) electrons. The molecule has 0 saturated carbocycles. The van der Waals surface area contributed by atoms with E-state index in [1.165, 1.54) is 12.1 Å². The van der Waals surface area contributed by atoms with Crippen molar-refractivity contribution in [3.05, 3.63) is 71.5 Å². The van der Waals surface area contributed by atoms with Crippen LogP contribution in [0.3, 0.4) is 0 Å². The minimum atomic E-state index is -0.481. The molecule has 0 aliphatic carbocycles. The lowest BCUT2D eigenvalue weighted by Gasteiger charge is -2.22. The molecule has 4 nitrogen and oxygen atoms in total. The van der Waals surface area contributed by atoms with Gasteiger partial charge in [-0.25, -0.2) is 4.39 Å². The van der Waals surface area contributed by atoms with Crippen molar-refractivity contribution in [3.63, 3.8) is 0 Å². The first-order valence-corrected chi connectivity index (χ1v) is 8.13. The molecular weight excluding hydrogens is 343 g/mol. The van der Waals surface area contributed by atoms with E-state index in [2.05, 4.69) is 5.32 Å². The second kappa shape index (κ2) is 8.94. The highest BCUT2D eigenvalue weighted by Gasteiger charge is 2.31. The summed E-state index contributed by atoms with van der Waals surface area (Å²) < 4.78 is 18.9. The summed E-state index contributed by atoms with van der Waals surface area (Å²) in [7, 11) is 0. The fourth-order valence-electron chi connectivity index (χ4n) is 2.97. The van der Waals surface area contributed by atoms with Gasteiger partial charge in [-0.05, 0) is 36.1 Å². The highest BCUT2D eigenvalue weighted by atomic mass is 35.5. The van der Waals surface area contributed by atoms with Crippen LogP contribution in [-0.2, 0) is 9.53 Å². The van der Waals surface area contributed by atoms with Gasteiger partial charge in [0.2, 0.25) is 5.91 Å². The zero-order valence-electron chi connectivity index (χ0n) is 13.7. The number of hydrogen-bond donors (Lipinski definition) is 2. The lowest BCUT2D eigenvalue weighted by molar-refractivity contribution is -0.132. The molecule has 0 bridgehead atoms. The summed E-state index contributed by atoms with van der Waals surface area (Å²) in [4.78, 5) is 12.6. The average molecular weight is 365 g/mol. The third-order valence-corrected chi connectivity index (χ3v) is 4.29. The topological polar surface area (TPSA) is 64.4 Å². The Bertz CT molecular complexity index is 682. The van der Waals surface area contributed by atoms with Crippen LogP contribution in [0, 0.1) is 5.82 Å². The maximum atomic E-state index is 13.2. The molecule has 134 valence electrons. The third kappa shape index (κ3) is 4.78. The largest absolute Gasteiger partial charge is 0.364 e. The monoisotopic (exact) mass is 364 g/mol. The number of nitrogens with one attached hydrogen (secondary N) is 1. The van der Waals surface area contributed by atoms with E-state index in [0.717, 1.165) is 17.5 Å². The average Bonchev–Trinajstić information content (AvgIpc) is 3.10. The Morgan fingerprint density at radius 3 is 2.36 bits per heavy atom. The van der Waals surface area contributed by atoms with Crippen molar-refractivity contribution >= 4 is 18.3 Å². The second-order valence-electron chi connectivity index (χ2n) is 5.96. The van der Waals surface area contributed by atoms with Gasteiger partial charge >= 0.3 is 0 Å². The van der Waals surface area contributed by atoms with E-state index in [9.17, 15) is 9.18 Å². The molecule has 3 N–H and O–H groups in total. The number of benzene rings is 2. The lowest BCUT2D eigenvalue weighted by atomic mass is 9.98. The molecule has 25 heavy (non-hydrogen) atoms. The highest BCUT2D eigenvalue weighted by Crippen LogP contribution is 2.25. The summed E-state index contributed by atoms with van der Waals surface area (Å²) >= 11 is 0. The van der Waals surface area contributed by atoms with Crippen LogP contribution in [0.1, 0.15) is 30.0 Å². The number of carbonyl (C=O) groups excluding carboxylic acids is 1. The van der Waals surface area contributed by atoms with Crippen molar-refractivity contribution in [3.8, 4) is 0 Å². The van der Waals surface area contributed by atoms with Crippen molar-refractivity contribution in [2.45, 2.75) is 31.1 Å². The van der Waals surface area contributed by atoms with Gasteiger partial charge in [0.15, 0.2) is 0 Å². The predicted molar refractivity (Wildman–Crippen MR) is 97.0 cm³/mol. The summed E-state index contributed by atoms with van der Waals surface area (Å²) in [5.74, 6) is -0.467. The van der Waals surface area contributed by atoms with Crippen molar-refractivity contribution in [1.29, 1.82) is 0 Å². The molecule has 1 fully saturated rings. The van der Waals surface area contributed by atoms with Gasteiger partial charge in [-0.15, -0.1) is 12.4 Å². The smallest absolute Gasteiger partial charge is 0.249 e. The van der Waals surface area contributed by atoms with E-state index < -0.39 is 6.10 Å². The fourth-order valence-corrected chi connectivity index (χ4v) is 2.97. The van der Waals surface area contributed by atoms with Gasteiger partial charge in [0.1, 0.15) is 11.9 Å². The third-order valence-electron chi connectivity index (χ3n) is 4.29. The Balaban J connectivity index is 0.00000225. The summed E-state index contributed by atoms with van der Waals surface area (Å²) in [5, 5.41) is 3.03. The Kier molecular flexibility index (Phi) is 6.93. The van der Waals surface area contributed by atoms with Gasteiger partial charge in [-0.2, -0.15) is 0 Å². The first kappa shape index (κ1) is 19.4. The Hall–Kier alpha value is -1.95. The summed E-state index contributed by atoms with van der Waals surface area (Å²) in [5.41, 5.74) is 7.36. The maximum Gasteiger partial charge on any atom is 0.249 e. The van der Waals surface area contributed by atoms with Crippen molar-refractivity contribution in [2.75, 3.05) is 6.54 Å². The van der Waals surface area contributed by atoms with Crippen molar-refractivity contribution < 1.29 is 13.9 Å². The standard InChI is InChI=1S/C19H21FN2O2.ClH/c20-15-8-6-14(7-9-15)18(13-4-2-1-3-5-13)22-19(23)17-11-10-16(12-21)24-17;/h1-9,16-18H,10-12,21H2,(H,22,23);1H/t16-,17+,18?;/m1./s1. The number of amides is 1. The first-order chi connectivity index (χ1) is 11.7. The predicted octanol–water partition coefficient (Wildman–Crippen LogP) is 2.96. The van der Waals surface area contributed by atoms with Crippen LogP contribution in [0.15, 0.2) is 54.6 Å². The van der Waals surface area contributed by atoms with Gasteiger partial charge in [-0.1, -0.05) is 42.5 Å². The van der Waals surface area contributed by atoms with E-state index in [4.69, 9.17) is 10.5 Å². The Labute approximate surface area is 153 Å². The number of carbonyl (C=O) groups is 1. The van der Waals surface area contributed by atoms with Gasteiger partial charge in [0.25, 0.3) is 0 Å². The molecule has 2 aromatic rings. The van der Waals surface area contributed by atoms with Crippen LogP contribution in [0.25, 0.3) is 0 Å². The van der Waals surface area contributed by atoms with Crippen LogP contribution in [0.4, 0.5) is 4.39 Å². The SMILES string of the molecule is Cl.NC[C@H]1CC[C@@H](C(=O)NC(c2ccccc2)c2ccc(F)cc2)O1. The normalized spacial score (nSPS) is 20.6. The molecule has 1 heterocycles. The maximum absolute atomic E-state index is 13.2. The van der Waals surface area contributed by atoms with Crippen LogP contribution < -0.4 is 11.1 Å². The molecule has 6 heteroatoms. The number of hydrogen-bond acceptors (Lipinski definition) is 3. The molecule has 1 aliphatic rings. The second-order valence-corrected chi connectivity index (χ2v) is 5.96. The molecule has 1 aliphatic heterocycles.